The van der Waals surface area contributed by atoms with Crippen molar-refractivity contribution in [2.24, 2.45) is 0 Å². The fourth-order valence-corrected chi connectivity index (χ4v) is 5.15. The summed E-state index contributed by atoms with van der Waals surface area (Å²) in [4.78, 5) is 0. The van der Waals surface area contributed by atoms with Gasteiger partial charge >= 0.3 is 0 Å². The van der Waals surface area contributed by atoms with Crippen molar-refractivity contribution in [1.82, 2.24) is 0 Å². The van der Waals surface area contributed by atoms with Crippen molar-refractivity contribution in [2.75, 3.05) is 18.1 Å². The fourth-order valence-electron chi connectivity index (χ4n) is 4.58. The summed E-state index contributed by atoms with van der Waals surface area (Å²) in [7, 11) is -1.74. The Bertz CT molecular complexity index is 2320. The first-order chi connectivity index (χ1) is 28.5. The molecular formula is C46H57NO13S. The number of aryl methyl sites for hydroxylation is 6. The molecule has 14 nitrogen and oxygen atoms in total. The van der Waals surface area contributed by atoms with Gasteiger partial charge in [0.2, 0.25) is 21.5 Å². The van der Waals surface area contributed by atoms with E-state index in [1.807, 2.05) is 58.0 Å². The number of phenols is 10. The number of aromatic hydroxyl groups is 10. The van der Waals surface area contributed by atoms with Crippen molar-refractivity contribution in [3.63, 3.8) is 0 Å². The normalized spacial score (nSPS) is 9.90. The molecule has 6 aromatic rings. The average molecular weight is 864 g/mol. The van der Waals surface area contributed by atoms with E-state index in [4.69, 9.17) is 50.7 Å². The third kappa shape index (κ3) is 19.4. The van der Waals surface area contributed by atoms with E-state index in [2.05, 4.69) is 11.6 Å². The quantitative estimate of drug-likeness (QED) is 0.0725. The lowest BCUT2D eigenvalue weighted by Crippen LogP contribution is -2.09. The number of nitrogens with one attached hydrogen (secondary N) is 1. The van der Waals surface area contributed by atoms with E-state index in [1.54, 1.807) is 68.6 Å². The minimum Gasteiger partial charge on any atom is -0.508 e. The first-order valence-electron chi connectivity index (χ1n) is 18.6. The van der Waals surface area contributed by atoms with E-state index >= 15 is 0 Å². The number of benzene rings is 6. The van der Waals surface area contributed by atoms with E-state index in [0.29, 0.717) is 29.0 Å². The van der Waals surface area contributed by atoms with Gasteiger partial charge < -0.3 is 55.8 Å². The SMILES string of the molecule is CCc1ccc(O)c(O)c1O.CCc1ccc(O)cc1.COc1cc(O)ccc1C.Cc1ccc(O)c(NS(C)(=O)=O)c1.Cc1ccc(O)c(O)c1O.Cc1ccc(O)cc1. The van der Waals surface area contributed by atoms with Gasteiger partial charge in [-0.15, -0.1) is 0 Å². The van der Waals surface area contributed by atoms with Crippen LogP contribution in [-0.4, -0.2) is 72.8 Å². The number of methoxy groups -OCH3 is 1. The van der Waals surface area contributed by atoms with Gasteiger partial charge in [-0.3, -0.25) is 4.72 Å². The minimum absolute atomic E-state index is 0.0731. The molecule has 0 aromatic heterocycles. The molecule has 0 aliphatic heterocycles. The van der Waals surface area contributed by atoms with Crippen LogP contribution in [0.4, 0.5) is 5.69 Å². The van der Waals surface area contributed by atoms with E-state index in [9.17, 15) is 13.5 Å². The Hall–Kier alpha value is -7.13. The van der Waals surface area contributed by atoms with Gasteiger partial charge in [-0.05, 0) is 123 Å². The molecule has 6 aromatic carbocycles. The van der Waals surface area contributed by atoms with Crippen LogP contribution in [0.15, 0.2) is 109 Å². The van der Waals surface area contributed by atoms with Crippen LogP contribution in [0.25, 0.3) is 0 Å². The van der Waals surface area contributed by atoms with Gasteiger partial charge in [0.1, 0.15) is 28.7 Å². The van der Waals surface area contributed by atoms with Crippen molar-refractivity contribution >= 4 is 15.7 Å². The maximum atomic E-state index is 10.8. The fraction of sp³-hybridized carbons (Fsp3) is 0.217. The predicted octanol–water partition coefficient (Wildman–Crippen LogP) is 8.91. The second-order valence-corrected chi connectivity index (χ2v) is 15.0. The summed E-state index contributed by atoms with van der Waals surface area (Å²) >= 11 is 0. The topological polar surface area (TPSA) is 258 Å². The molecule has 0 radical (unpaired) electrons. The highest BCUT2D eigenvalue weighted by Crippen LogP contribution is 2.37. The van der Waals surface area contributed by atoms with Crippen molar-refractivity contribution in [3.8, 4) is 63.2 Å². The van der Waals surface area contributed by atoms with Crippen LogP contribution in [0.2, 0.25) is 0 Å². The lowest BCUT2D eigenvalue weighted by atomic mass is 10.1. The summed E-state index contributed by atoms with van der Waals surface area (Å²) in [6.07, 6.45) is 2.69. The molecular weight excluding hydrogens is 807 g/mol. The minimum atomic E-state index is -3.33. The number of hydrogen-bond donors (Lipinski definition) is 11. The standard InChI is InChI=1S/C8H11NO3S.C8H10O3.C8H10O2.C8H10O.C7H8O3.C7H8O/c1-6-3-4-8(10)7(5-6)9-13(2,11)12;1-2-5-3-4-6(9)8(11)7(5)10;1-6-3-4-7(9)5-8(6)10-2;1-2-7-3-5-8(9)6-4-7;1-4-2-3-5(8)7(10)6(4)9;1-6-2-4-7(8)5-3-6/h3-5,9-10H,1-2H3;3-4,9-11H,2H2,1H3;3-5,9H,1-2H3;3-6,9H,2H2,1H3;2-3,8-10H,1H3;2-5,8H,1H3. The lowest BCUT2D eigenvalue weighted by molar-refractivity contribution is 0.365. The first kappa shape index (κ1) is 51.9. The molecule has 0 saturated heterocycles. The molecule has 330 valence electrons. The van der Waals surface area contributed by atoms with Crippen molar-refractivity contribution < 1.29 is 64.2 Å². The van der Waals surface area contributed by atoms with Crippen LogP contribution in [0.1, 0.15) is 47.2 Å². The Balaban J connectivity index is 0.000000368. The van der Waals surface area contributed by atoms with Crippen molar-refractivity contribution in [1.29, 1.82) is 0 Å². The Labute approximate surface area is 357 Å². The molecule has 6 rings (SSSR count). The molecule has 0 amide bonds. The number of sulfonamides is 1. The highest BCUT2D eigenvalue weighted by Gasteiger charge is 2.09. The maximum Gasteiger partial charge on any atom is 0.229 e. The largest absolute Gasteiger partial charge is 0.508 e. The van der Waals surface area contributed by atoms with Crippen LogP contribution >= 0.6 is 0 Å². The Morgan fingerprint density at radius 1 is 0.492 bits per heavy atom. The Morgan fingerprint density at radius 3 is 1.41 bits per heavy atom. The van der Waals surface area contributed by atoms with Crippen LogP contribution in [0.3, 0.4) is 0 Å². The zero-order chi connectivity index (χ0) is 46.4. The van der Waals surface area contributed by atoms with Crippen molar-refractivity contribution in [2.45, 2.75) is 54.4 Å². The molecule has 11 N–H and O–H groups in total. The number of rotatable bonds is 5. The van der Waals surface area contributed by atoms with Crippen molar-refractivity contribution in [3.05, 3.63) is 143 Å². The highest BCUT2D eigenvalue weighted by molar-refractivity contribution is 7.92. The summed E-state index contributed by atoms with van der Waals surface area (Å²) in [6.45, 7) is 11.3. The van der Waals surface area contributed by atoms with Crippen LogP contribution in [0.5, 0.6) is 63.2 Å². The Morgan fingerprint density at radius 2 is 0.951 bits per heavy atom. The second-order valence-electron chi connectivity index (χ2n) is 13.3. The third-order valence-electron chi connectivity index (χ3n) is 8.14. The molecule has 0 saturated carbocycles. The number of hydrogen-bond acceptors (Lipinski definition) is 13. The zero-order valence-electron chi connectivity index (χ0n) is 35.4. The van der Waals surface area contributed by atoms with E-state index < -0.39 is 21.5 Å². The van der Waals surface area contributed by atoms with Crippen LogP contribution in [-0.2, 0) is 22.9 Å². The molecule has 0 fully saturated rings. The zero-order valence-corrected chi connectivity index (χ0v) is 36.2. The molecule has 0 heterocycles. The summed E-state index contributed by atoms with van der Waals surface area (Å²) in [6, 6.07) is 29.9. The van der Waals surface area contributed by atoms with Gasteiger partial charge in [0.15, 0.2) is 23.0 Å². The summed E-state index contributed by atoms with van der Waals surface area (Å²) < 4.78 is 28.9. The highest BCUT2D eigenvalue weighted by atomic mass is 32.2. The van der Waals surface area contributed by atoms with Crippen LogP contribution in [0, 0.1) is 27.7 Å². The molecule has 0 aliphatic carbocycles. The summed E-state index contributed by atoms with van der Waals surface area (Å²) in [5, 5.41) is 89.6. The van der Waals surface area contributed by atoms with Gasteiger partial charge in [-0.2, -0.15) is 0 Å². The average Bonchev–Trinajstić information content (AvgIpc) is 3.22. The molecule has 0 spiro atoms. The van der Waals surface area contributed by atoms with Gasteiger partial charge in [0.25, 0.3) is 0 Å². The number of phenolic OH excluding ortho intramolecular Hbond substituents is 10. The first-order valence-corrected chi connectivity index (χ1v) is 20.5. The second kappa shape index (κ2) is 25.4. The van der Waals surface area contributed by atoms with Gasteiger partial charge in [-0.1, -0.05) is 67.9 Å². The van der Waals surface area contributed by atoms with Gasteiger partial charge in [0.05, 0.1) is 19.1 Å². The smallest absolute Gasteiger partial charge is 0.229 e. The molecule has 0 aliphatic rings. The van der Waals surface area contributed by atoms with E-state index in [0.717, 1.165) is 29.6 Å². The number of ether oxygens (including phenoxy) is 1. The number of anilines is 1. The summed E-state index contributed by atoms with van der Waals surface area (Å²) in [5.41, 5.74) is 5.71. The monoisotopic (exact) mass is 863 g/mol. The van der Waals surface area contributed by atoms with E-state index in [-0.39, 0.29) is 40.2 Å². The predicted molar refractivity (Wildman–Crippen MR) is 238 cm³/mol. The lowest BCUT2D eigenvalue weighted by Gasteiger charge is -2.06. The van der Waals surface area contributed by atoms with Gasteiger partial charge in [-0.25, -0.2) is 8.42 Å². The maximum absolute atomic E-state index is 10.8. The summed E-state index contributed by atoms with van der Waals surface area (Å²) in [5.74, 6) is -0.430. The molecule has 61 heavy (non-hydrogen) atoms. The van der Waals surface area contributed by atoms with E-state index in [1.165, 1.54) is 35.4 Å². The molecule has 0 bridgehead atoms. The molecule has 15 heteroatoms. The van der Waals surface area contributed by atoms with Crippen LogP contribution < -0.4 is 9.46 Å². The Kier molecular flexibility index (Phi) is 21.6. The molecule has 0 unspecified atom stereocenters. The van der Waals surface area contributed by atoms with Gasteiger partial charge in [0, 0.05) is 6.07 Å². The molecule has 0 atom stereocenters. The third-order valence-corrected chi connectivity index (χ3v) is 8.73.